The maximum atomic E-state index is 4.57. The van der Waals surface area contributed by atoms with Crippen molar-refractivity contribution in [3.8, 4) is 11.4 Å². The van der Waals surface area contributed by atoms with Crippen molar-refractivity contribution in [3.05, 3.63) is 47.8 Å². The fourth-order valence-electron chi connectivity index (χ4n) is 1.70. The summed E-state index contributed by atoms with van der Waals surface area (Å²) in [5.74, 6) is 0.804. The molecule has 0 aliphatic rings. The fraction of sp³-hybridized carbons (Fsp3) is 0.286. The van der Waals surface area contributed by atoms with Crippen LogP contribution in [-0.4, -0.2) is 16.5 Å². The molecule has 0 fully saturated rings. The van der Waals surface area contributed by atoms with E-state index in [-0.39, 0.29) is 0 Å². The molecule has 17 heavy (non-hydrogen) atoms. The molecule has 0 radical (unpaired) electrons. The minimum Gasteiger partial charge on any atom is -0.311 e. The van der Waals surface area contributed by atoms with Crippen molar-refractivity contribution in [2.75, 3.05) is 6.54 Å². The van der Waals surface area contributed by atoms with Gasteiger partial charge in [0.05, 0.1) is 5.69 Å². The number of hydrogen-bond donors (Lipinski definition) is 1. The van der Waals surface area contributed by atoms with Crippen LogP contribution in [0.4, 0.5) is 0 Å². The monoisotopic (exact) mass is 227 g/mol. The number of aryl methyl sites for hydroxylation is 1. The summed E-state index contributed by atoms with van der Waals surface area (Å²) in [7, 11) is 0. The van der Waals surface area contributed by atoms with Crippen molar-refractivity contribution in [3.63, 3.8) is 0 Å². The highest BCUT2D eigenvalue weighted by molar-refractivity contribution is 5.59. The molecule has 0 unspecified atom stereocenters. The molecular weight excluding hydrogens is 210 g/mol. The largest absolute Gasteiger partial charge is 0.311 e. The summed E-state index contributed by atoms with van der Waals surface area (Å²) in [5, 5.41) is 3.27. The van der Waals surface area contributed by atoms with Gasteiger partial charge in [0.1, 0.15) is 0 Å². The Morgan fingerprint density at radius 3 is 2.76 bits per heavy atom. The van der Waals surface area contributed by atoms with Crippen LogP contribution in [0.15, 0.2) is 36.5 Å². The van der Waals surface area contributed by atoms with Crippen LogP contribution >= 0.6 is 0 Å². The third kappa shape index (κ3) is 2.88. The van der Waals surface area contributed by atoms with E-state index in [2.05, 4.69) is 41.3 Å². The normalized spacial score (nSPS) is 10.5. The Morgan fingerprint density at radius 2 is 2.00 bits per heavy atom. The zero-order chi connectivity index (χ0) is 12.1. The maximum Gasteiger partial charge on any atom is 0.159 e. The summed E-state index contributed by atoms with van der Waals surface area (Å²) in [4.78, 5) is 8.91. The van der Waals surface area contributed by atoms with Gasteiger partial charge in [0.25, 0.3) is 0 Å². The number of nitrogens with one attached hydrogen (secondary N) is 1. The quantitative estimate of drug-likeness (QED) is 0.872. The summed E-state index contributed by atoms with van der Waals surface area (Å²) in [6.45, 7) is 5.90. The third-order valence-corrected chi connectivity index (χ3v) is 2.66. The lowest BCUT2D eigenvalue weighted by Crippen LogP contribution is -2.13. The van der Waals surface area contributed by atoms with Crippen LogP contribution in [0.1, 0.15) is 18.2 Å². The molecule has 2 aromatic rings. The molecule has 0 saturated carbocycles. The van der Waals surface area contributed by atoms with Crippen molar-refractivity contribution >= 4 is 0 Å². The first-order chi connectivity index (χ1) is 8.31. The molecule has 0 aliphatic heterocycles. The van der Waals surface area contributed by atoms with Crippen molar-refractivity contribution in [2.45, 2.75) is 20.4 Å². The number of hydrogen-bond acceptors (Lipinski definition) is 3. The van der Waals surface area contributed by atoms with Crippen LogP contribution in [0.3, 0.4) is 0 Å². The SMILES string of the molecule is CCNCc1ccnc(-c2ccccc2C)n1. The molecule has 88 valence electrons. The highest BCUT2D eigenvalue weighted by Crippen LogP contribution is 2.18. The van der Waals surface area contributed by atoms with E-state index in [1.165, 1.54) is 5.56 Å². The maximum absolute atomic E-state index is 4.57. The molecule has 1 heterocycles. The molecule has 0 atom stereocenters. The predicted molar refractivity (Wildman–Crippen MR) is 69.6 cm³/mol. The molecule has 1 aromatic heterocycles. The average molecular weight is 227 g/mol. The zero-order valence-electron chi connectivity index (χ0n) is 10.3. The molecular formula is C14H17N3. The van der Waals surface area contributed by atoms with Gasteiger partial charge in [-0.25, -0.2) is 9.97 Å². The standard InChI is InChI=1S/C14H17N3/c1-3-15-10-12-8-9-16-14(17-12)13-7-5-4-6-11(13)2/h4-9,15H,3,10H2,1-2H3. The number of aromatic nitrogens is 2. The Bertz CT molecular complexity index is 494. The summed E-state index contributed by atoms with van der Waals surface area (Å²) in [6.07, 6.45) is 1.82. The Labute approximate surface area is 102 Å². The second kappa shape index (κ2) is 5.55. The third-order valence-electron chi connectivity index (χ3n) is 2.66. The van der Waals surface area contributed by atoms with E-state index in [1.807, 2.05) is 24.4 Å². The molecule has 0 saturated heterocycles. The topological polar surface area (TPSA) is 37.8 Å². The van der Waals surface area contributed by atoms with Crippen molar-refractivity contribution in [1.29, 1.82) is 0 Å². The van der Waals surface area contributed by atoms with Crippen LogP contribution in [0.25, 0.3) is 11.4 Å². The molecule has 1 aromatic carbocycles. The Balaban J connectivity index is 2.30. The highest BCUT2D eigenvalue weighted by Gasteiger charge is 2.04. The minimum absolute atomic E-state index is 0.790. The second-order valence-electron chi connectivity index (χ2n) is 3.97. The van der Waals surface area contributed by atoms with E-state index in [9.17, 15) is 0 Å². The Kier molecular flexibility index (Phi) is 3.83. The zero-order valence-corrected chi connectivity index (χ0v) is 10.3. The predicted octanol–water partition coefficient (Wildman–Crippen LogP) is 2.56. The smallest absolute Gasteiger partial charge is 0.159 e. The van der Waals surface area contributed by atoms with E-state index >= 15 is 0 Å². The average Bonchev–Trinajstić information content (AvgIpc) is 2.37. The van der Waals surface area contributed by atoms with Gasteiger partial charge in [0, 0.05) is 18.3 Å². The van der Waals surface area contributed by atoms with Gasteiger partial charge >= 0.3 is 0 Å². The van der Waals surface area contributed by atoms with Gasteiger partial charge in [0.2, 0.25) is 0 Å². The highest BCUT2D eigenvalue weighted by atomic mass is 14.9. The van der Waals surface area contributed by atoms with Crippen molar-refractivity contribution in [1.82, 2.24) is 15.3 Å². The first-order valence-corrected chi connectivity index (χ1v) is 5.90. The van der Waals surface area contributed by atoms with E-state index in [0.717, 1.165) is 30.2 Å². The van der Waals surface area contributed by atoms with Crippen LogP contribution < -0.4 is 5.32 Å². The van der Waals surface area contributed by atoms with E-state index in [4.69, 9.17) is 0 Å². The van der Waals surface area contributed by atoms with Crippen molar-refractivity contribution in [2.24, 2.45) is 0 Å². The molecule has 0 bridgehead atoms. The lowest BCUT2D eigenvalue weighted by molar-refractivity contribution is 0.709. The van der Waals surface area contributed by atoms with E-state index < -0.39 is 0 Å². The van der Waals surface area contributed by atoms with Gasteiger partial charge in [-0.2, -0.15) is 0 Å². The number of benzene rings is 1. The van der Waals surface area contributed by atoms with Gasteiger partial charge in [-0.15, -0.1) is 0 Å². The lowest BCUT2D eigenvalue weighted by atomic mass is 10.1. The Morgan fingerprint density at radius 1 is 1.18 bits per heavy atom. The minimum atomic E-state index is 0.790. The number of nitrogens with zero attached hydrogens (tertiary/aromatic N) is 2. The van der Waals surface area contributed by atoms with Crippen LogP contribution in [0, 0.1) is 6.92 Å². The van der Waals surface area contributed by atoms with Crippen molar-refractivity contribution < 1.29 is 0 Å². The summed E-state index contributed by atoms with van der Waals surface area (Å²) >= 11 is 0. The van der Waals surface area contributed by atoms with Gasteiger partial charge in [-0.05, 0) is 25.1 Å². The molecule has 3 nitrogen and oxygen atoms in total. The summed E-state index contributed by atoms with van der Waals surface area (Å²) < 4.78 is 0. The van der Waals surface area contributed by atoms with Gasteiger partial charge < -0.3 is 5.32 Å². The molecule has 0 amide bonds. The Hall–Kier alpha value is -1.74. The van der Waals surface area contributed by atoms with E-state index in [1.54, 1.807) is 0 Å². The van der Waals surface area contributed by atoms with Crippen LogP contribution in [0.2, 0.25) is 0 Å². The fourth-order valence-corrected chi connectivity index (χ4v) is 1.70. The van der Waals surface area contributed by atoms with E-state index in [0.29, 0.717) is 0 Å². The first kappa shape index (κ1) is 11.7. The first-order valence-electron chi connectivity index (χ1n) is 5.90. The molecule has 0 spiro atoms. The van der Waals surface area contributed by atoms with Crippen LogP contribution in [-0.2, 0) is 6.54 Å². The molecule has 0 aliphatic carbocycles. The molecule has 2 rings (SSSR count). The van der Waals surface area contributed by atoms with Gasteiger partial charge in [-0.3, -0.25) is 0 Å². The van der Waals surface area contributed by atoms with Crippen LogP contribution in [0.5, 0.6) is 0 Å². The second-order valence-corrected chi connectivity index (χ2v) is 3.97. The van der Waals surface area contributed by atoms with Gasteiger partial charge in [-0.1, -0.05) is 31.2 Å². The summed E-state index contributed by atoms with van der Waals surface area (Å²) in [5.41, 5.74) is 3.33. The van der Waals surface area contributed by atoms with Gasteiger partial charge in [0.15, 0.2) is 5.82 Å². The molecule has 3 heteroatoms. The molecule has 1 N–H and O–H groups in total. The number of rotatable bonds is 4. The summed E-state index contributed by atoms with van der Waals surface area (Å²) in [6, 6.07) is 10.1. The lowest BCUT2D eigenvalue weighted by Gasteiger charge is -2.06.